The second-order valence-corrected chi connectivity index (χ2v) is 7.64. The highest BCUT2D eigenvalue weighted by atomic mass is 79.9. The average Bonchev–Trinajstić information content (AvgIpc) is 2.82. The number of halogens is 1. The lowest BCUT2D eigenvalue weighted by molar-refractivity contribution is 0.545. The SMILES string of the molecule is CC(CCCBr)NS(=O)(=O)c1ccc2c(c1)CCC2. The summed E-state index contributed by atoms with van der Waals surface area (Å²) in [7, 11) is -3.38. The molecule has 0 saturated heterocycles. The molecule has 1 aliphatic rings. The second-order valence-electron chi connectivity index (χ2n) is 5.14. The largest absolute Gasteiger partial charge is 0.240 e. The summed E-state index contributed by atoms with van der Waals surface area (Å²) < 4.78 is 27.3. The summed E-state index contributed by atoms with van der Waals surface area (Å²) >= 11 is 3.36. The Labute approximate surface area is 124 Å². The molecule has 0 amide bonds. The quantitative estimate of drug-likeness (QED) is 0.805. The molecule has 1 N–H and O–H groups in total. The molecule has 2 rings (SSSR count). The molecule has 1 aliphatic carbocycles. The van der Waals surface area contributed by atoms with Gasteiger partial charge in [-0.05, 0) is 62.3 Å². The molecule has 0 bridgehead atoms. The number of alkyl halides is 1. The van der Waals surface area contributed by atoms with Gasteiger partial charge in [-0.25, -0.2) is 13.1 Å². The Balaban J connectivity index is 2.11. The lowest BCUT2D eigenvalue weighted by Gasteiger charge is -2.14. The van der Waals surface area contributed by atoms with Gasteiger partial charge >= 0.3 is 0 Å². The number of fused-ring (bicyclic) bond motifs is 1. The van der Waals surface area contributed by atoms with E-state index in [0.717, 1.165) is 37.4 Å². The van der Waals surface area contributed by atoms with Crippen LogP contribution in [0.15, 0.2) is 23.1 Å². The molecule has 0 spiro atoms. The molecule has 3 nitrogen and oxygen atoms in total. The van der Waals surface area contributed by atoms with Gasteiger partial charge in [0.25, 0.3) is 0 Å². The third kappa shape index (κ3) is 3.80. The zero-order valence-corrected chi connectivity index (χ0v) is 13.6. The van der Waals surface area contributed by atoms with Crippen molar-refractivity contribution in [2.75, 3.05) is 5.33 Å². The van der Waals surface area contributed by atoms with Crippen molar-refractivity contribution in [3.8, 4) is 0 Å². The highest BCUT2D eigenvalue weighted by molar-refractivity contribution is 9.09. The van der Waals surface area contributed by atoms with Crippen LogP contribution < -0.4 is 4.72 Å². The minimum atomic E-state index is -3.38. The number of rotatable bonds is 6. The predicted octanol–water partition coefficient (Wildman–Crippen LogP) is 3.02. The van der Waals surface area contributed by atoms with Crippen LogP contribution in [0.2, 0.25) is 0 Å². The Hall–Kier alpha value is -0.390. The Kier molecular flexibility index (Phi) is 5.03. The number of sulfonamides is 1. The molecule has 0 aromatic heterocycles. The summed E-state index contributed by atoms with van der Waals surface area (Å²) in [6, 6.07) is 5.49. The zero-order valence-electron chi connectivity index (χ0n) is 11.2. The van der Waals surface area contributed by atoms with Gasteiger partial charge in [0.05, 0.1) is 4.90 Å². The summed E-state index contributed by atoms with van der Waals surface area (Å²) in [5.74, 6) is 0. The van der Waals surface area contributed by atoms with E-state index in [9.17, 15) is 8.42 Å². The molecule has 0 heterocycles. The maximum atomic E-state index is 12.3. The van der Waals surface area contributed by atoms with Gasteiger partial charge in [0, 0.05) is 11.4 Å². The summed E-state index contributed by atoms with van der Waals surface area (Å²) in [4.78, 5) is 0.402. The van der Waals surface area contributed by atoms with E-state index < -0.39 is 10.0 Å². The van der Waals surface area contributed by atoms with Gasteiger partial charge in [-0.1, -0.05) is 22.0 Å². The maximum absolute atomic E-state index is 12.3. The molecule has 1 atom stereocenters. The van der Waals surface area contributed by atoms with Gasteiger partial charge in [-0.3, -0.25) is 0 Å². The maximum Gasteiger partial charge on any atom is 0.240 e. The topological polar surface area (TPSA) is 46.2 Å². The van der Waals surface area contributed by atoms with E-state index in [0.29, 0.717) is 4.90 Å². The van der Waals surface area contributed by atoms with Crippen LogP contribution in [0.4, 0.5) is 0 Å². The van der Waals surface area contributed by atoms with Crippen LogP contribution in [0, 0.1) is 0 Å². The number of aryl methyl sites for hydroxylation is 2. The Morgan fingerprint density at radius 3 is 2.79 bits per heavy atom. The normalized spacial score (nSPS) is 16.3. The number of nitrogens with one attached hydrogen (secondary N) is 1. The van der Waals surface area contributed by atoms with Crippen LogP contribution in [0.25, 0.3) is 0 Å². The Bertz CT molecular complexity index is 542. The lowest BCUT2D eigenvalue weighted by atomic mass is 10.1. The first-order valence-electron chi connectivity index (χ1n) is 6.73. The van der Waals surface area contributed by atoms with Crippen molar-refractivity contribution in [1.82, 2.24) is 4.72 Å². The molecule has 0 aliphatic heterocycles. The van der Waals surface area contributed by atoms with Gasteiger partial charge < -0.3 is 0 Å². The smallest absolute Gasteiger partial charge is 0.208 e. The molecule has 19 heavy (non-hydrogen) atoms. The molecule has 106 valence electrons. The van der Waals surface area contributed by atoms with E-state index in [4.69, 9.17) is 0 Å². The number of hydrogen-bond acceptors (Lipinski definition) is 2. The van der Waals surface area contributed by atoms with E-state index in [1.165, 1.54) is 11.1 Å². The van der Waals surface area contributed by atoms with E-state index >= 15 is 0 Å². The van der Waals surface area contributed by atoms with Crippen LogP contribution in [-0.2, 0) is 22.9 Å². The van der Waals surface area contributed by atoms with E-state index in [1.807, 2.05) is 19.1 Å². The van der Waals surface area contributed by atoms with E-state index in [2.05, 4.69) is 20.7 Å². The summed E-state index contributed by atoms with van der Waals surface area (Å²) in [5.41, 5.74) is 2.49. The van der Waals surface area contributed by atoms with Crippen molar-refractivity contribution in [2.24, 2.45) is 0 Å². The fraction of sp³-hybridized carbons (Fsp3) is 0.571. The lowest BCUT2D eigenvalue weighted by Crippen LogP contribution is -2.32. The van der Waals surface area contributed by atoms with Crippen molar-refractivity contribution in [1.29, 1.82) is 0 Å². The molecule has 1 aromatic rings. The second kappa shape index (κ2) is 6.37. The van der Waals surface area contributed by atoms with E-state index in [-0.39, 0.29) is 6.04 Å². The summed E-state index contributed by atoms with van der Waals surface area (Å²) in [6.07, 6.45) is 5.01. The highest BCUT2D eigenvalue weighted by Crippen LogP contribution is 2.24. The van der Waals surface area contributed by atoms with Gasteiger partial charge in [0.2, 0.25) is 10.0 Å². The van der Waals surface area contributed by atoms with Crippen LogP contribution in [0.1, 0.15) is 37.3 Å². The third-order valence-corrected chi connectivity index (χ3v) is 5.66. The first-order chi connectivity index (χ1) is 9.03. The third-order valence-electron chi connectivity index (χ3n) is 3.51. The molecule has 1 unspecified atom stereocenters. The number of benzene rings is 1. The first-order valence-corrected chi connectivity index (χ1v) is 9.33. The zero-order chi connectivity index (χ0) is 13.9. The molecule has 0 saturated carbocycles. The van der Waals surface area contributed by atoms with Crippen LogP contribution >= 0.6 is 15.9 Å². The van der Waals surface area contributed by atoms with Crippen molar-refractivity contribution in [3.05, 3.63) is 29.3 Å². The Morgan fingerprint density at radius 1 is 1.32 bits per heavy atom. The standard InChI is InChI=1S/C14H20BrNO2S/c1-11(4-3-9-15)16-19(17,18)14-8-7-12-5-2-6-13(12)10-14/h7-8,10-11,16H,2-6,9H2,1H3. The minimum Gasteiger partial charge on any atom is -0.208 e. The predicted molar refractivity (Wildman–Crippen MR) is 81.3 cm³/mol. The van der Waals surface area contributed by atoms with Crippen LogP contribution in [0.3, 0.4) is 0 Å². The summed E-state index contributed by atoms with van der Waals surface area (Å²) in [6.45, 7) is 1.91. The molecule has 0 radical (unpaired) electrons. The van der Waals surface area contributed by atoms with E-state index in [1.54, 1.807) is 6.07 Å². The molecular formula is C14H20BrNO2S. The monoisotopic (exact) mass is 345 g/mol. The minimum absolute atomic E-state index is 0.0317. The molecule has 5 heteroatoms. The highest BCUT2D eigenvalue weighted by Gasteiger charge is 2.20. The van der Waals surface area contributed by atoms with Crippen LogP contribution in [-0.4, -0.2) is 19.8 Å². The van der Waals surface area contributed by atoms with Crippen molar-refractivity contribution >= 4 is 26.0 Å². The van der Waals surface area contributed by atoms with Gasteiger partial charge in [-0.2, -0.15) is 0 Å². The van der Waals surface area contributed by atoms with Crippen molar-refractivity contribution < 1.29 is 8.42 Å². The average molecular weight is 346 g/mol. The van der Waals surface area contributed by atoms with Crippen molar-refractivity contribution in [2.45, 2.75) is 50.0 Å². The van der Waals surface area contributed by atoms with Gasteiger partial charge in [-0.15, -0.1) is 0 Å². The fourth-order valence-electron chi connectivity index (χ4n) is 2.49. The van der Waals surface area contributed by atoms with Gasteiger partial charge in [0.1, 0.15) is 0 Å². The first kappa shape index (κ1) is 15.0. The number of hydrogen-bond donors (Lipinski definition) is 1. The summed E-state index contributed by atoms with van der Waals surface area (Å²) in [5, 5.41) is 0.901. The fourth-order valence-corrected chi connectivity index (χ4v) is 4.14. The van der Waals surface area contributed by atoms with Crippen molar-refractivity contribution in [3.63, 3.8) is 0 Å². The molecule has 1 aromatic carbocycles. The van der Waals surface area contributed by atoms with Crippen LogP contribution in [0.5, 0.6) is 0 Å². The molecular weight excluding hydrogens is 326 g/mol. The molecule has 0 fully saturated rings. The Morgan fingerprint density at radius 2 is 2.05 bits per heavy atom. The van der Waals surface area contributed by atoms with Gasteiger partial charge in [0.15, 0.2) is 0 Å².